The third-order valence-corrected chi connectivity index (χ3v) is 5.19. The molecule has 31 heavy (non-hydrogen) atoms. The van der Waals surface area contributed by atoms with E-state index in [1.165, 1.54) is 0 Å². The first-order valence-corrected chi connectivity index (χ1v) is 11.0. The number of hydrogen-bond donors (Lipinski definition) is 3. The zero-order valence-electron chi connectivity index (χ0n) is 18.2. The highest BCUT2D eigenvalue weighted by Gasteiger charge is 2.25. The highest BCUT2D eigenvalue weighted by molar-refractivity contribution is 5.86. The molecule has 3 atom stereocenters. The minimum atomic E-state index is -0.543. The van der Waals surface area contributed by atoms with E-state index in [1.54, 1.807) is 6.92 Å². The zero-order valence-corrected chi connectivity index (χ0v) is 18.2. The Kier molecular flexibility index (Phi) is 10.8. The van der Waals surface area contributed by atoms with Crippen LogP contribution in [-0.4, -0.2) is 48.2 Å². The van der Waals surface area contributed by atoms with Gasteiger partial charge in [-0.05, 0) is 44.6 Å². The number of benzene rings is 1. The maximum Gasteiger partial charge on any atom is 0.305 e. The second-order valence-electron chi connectivity index (χ2n) is 8.08. The normalized spacial score (nSPS) is 22.0. The molecule has 1 aromatic carbocycles. The third-order valence-electron chi connectivity index (χ3n) is 5.19. The van der Waals surface area contributed by atoms with Crippen LogP contribution in [0.1, 0.15) is 51.0 Å². The van der Waals surface area contributed by atoms with Crippen molar-refractivity contribution in [2.75, 3.05) is 13.2 Å². The van der Waals surface area contributed by atoms with Crippen molar-refractivity contribution < 1.29 is 24.2 Å². The smallest absolute Gasteiger partial charge is 0.305 e. The number of aliphatic hydroxyl groups is 1. The van der Waals surface area contributed by atoms with Crippen LogP contribution in [0.3, 0.4) is 0 Å². The fourth-order valence-electron chi connectivity index (χ4n) is 3.43. The van der Waals surface area contributed by atoms with E-state index in [-0.39, 0.29) is 49.5 Å². The Morgan fingerprint density at radius 3 is 2.74 bits per heavy atom. The topological polar surface area (TPSA) is 105 Å². The van der Waals surface area contributed by atoms with Gasteiger partial charge in [-0.15, -0.1) is 0 Å². The molecule has 0 bridgehead atoms. The summed E-state index contributed by atoms with van der Waals surface area (Å²) in [6, 6.07) is 8.94. The Bertz CT molecular complexity index is 735. The average molecular weight is 431 g/mol. The lowest BCUT2D eigenvalue weighted by atomic mass is 9.97. The molecule has 2 rings (SSSR count). The van der Waals surface area contributed by atoms with Gasteiger partial charge in [-0.1, -0.05) is 42.5 Å². The van der Waals surface area contributed by atoms with E-state index in [9.17, 15) is 14.4 Å². The van der Waals surface area contributed by atoms with Crippen molar-refractivity contribution in [3.05, 3.63) is 48.0 Å². The average Bonchev–Trinajstić information content (AvgIpc) is 2.75. The Labute approximate surface area is 184 Å². The van der Waals surface area contributed by atoms with Crippen LogP contribution in [-0.2, 0) is 25.5 Å². The molecule has 1 aromatic rings. The van der Waals surface area contributed by atoms with Crippen LogP contribution in [0.25, 0.3) is 0 Å². The molecule has 2 amide bonds. The first-order chi connectivity index (χ1) is 15.0. The predicted octanol–water partition coefficient (Wildman–Crippen LogP) is 2.28. The molecule has 7 heteroatoms. The molecule has 3 N–H and O–H groups in total. The van der Waals surface area contributed by atoms with E-state index in [4.69, 9.17) is 9.84 Å². The Morgan fingerprint density at radius 1 is 1.23 bits per heavy atom. The number of amides is 2. The van der Waals surface area contributed by atoms with Gasteiger partial charge >= 0.3 is 5.97 Å². The fraction of sp³-hybridized carbons (Fsp3) is 0.542. The van der Waals surface area contributed by atoms with Gasteiger partial charge in [0.15, 0.2) is 0 Å². The standard InChI is InChI=1S/C24H34N2O5/c1-18(16-27)25-22(28)15-20-12-8-3-2-4-9-13-23(29)31-17-21(26-24(20)30)14-19-10-6-5-7-11-19/h3,5-8,10-11,18,20-21,27H,2,4,9,12-17H2,1H3,(H,25,28)(H,26,30). The Hall–Kier alpha value is -2.67. The number of carbonyl (C=O) groups excluding carboxylic acids is 3. The van der Waals surface area contributed by atoms with Gasteiger partial charge in [0.2, 0.25) is 11.8 Å². The Balaban J connectivity index is 2.12. The zero-order chi connectivity index (χ0) is 22.5. The second kappa shape index (κ2) is 13.6. The van der Waals surface area contributed by atoms with Gasteiger partial charge in [-0.25, -0.2) is 0 Å². The summed E-state index contributed by atoms with van der Waals surface area (Å²) < 4.78 is 5.42. The molecule has 0 radical (unpaired) electrons. The van der Waals surface area contributed by atoms with Crippen molar-refractivity contribution >= 4 is 17.8 Å². The summed E-state index contributed by atoms with van der Waals surface area (Å²) >= 11 is 0. The van der Waals surface area contributed by atoms with Gasteiger partial charge in [-0.3, -0.25) is 14.4 Å². The molecule has 170 valence electrons. The highest BCUT2D eigenvalue weighted by atomic mass is 16.5. The van der Waals surface area contributed by atoms with E-state index in [1.807, 2.05) is 42.5 Å². The summed E-state index contributed by atoms with van der Waals surface area (Å²) in [5.74, 6) is -1.32. The maximum atomic E-state index is 13.0. The van der Waals surface area contributed by atoms with E-state index in [0.29, 0.717) is 19.3 Å². The van der Waals surface area contributed by atoms with Crippen LogP contribution < -0.4 is 10.6 Å². The monoisotopic (exact) mass is 430 g/mol. The number of esters is 1. The first-order valence-electron chi connectivity index (χ1n) is 11.0. The molecule has 0 fully saturated rings. The van der Waals surface area contributed by atoms with Gasteiger partial charge < -0.3 is 20.5 Å². The van der Waals surface area contributed by atoms with Gasteiger partial charge in [-0.2, -0.15) is 0 Å². The quantitative estimate of drug-likeness (QED) is 0.474. The van der Waals surface area contributed by atoms with Crippen LogP contribution in [0.4, 0.5) is 0 Å². The number of hydrogen-bond acceptors (Lipinski definition) is 5. The molecule has 0 aliphatic carbocycles. The lowest BCUT2D eigenvalue weighted by molar-refractivity contribution is -0.145. The van der Waals surface area contributed by atoms with Gasteiger partial charge in [0.1, 0.15) is 6.61 Å². The van der Waals surface area contributed by atoms with Crippen molar-refractivity contribution in [1.29, 1.82) is 0 Å². The molecule has 0 saturated carbocycles. The lowest BCUT2D eigenvalue weighted by Gasteiger charge is -2.23. The van der Waals surface area contributed by atoms with E-state index >= 15 is 0 Å². The fourth-order valence-corrected chi connectivity index (χ4v) is 3.43. The first kappa shape index (κ1) is 24.6. The number of rotatable bonds is 6. The molecule has 1 aliphatic heterocycles. The number of allylic oxidation sites excluding steroid dienone is 2. The van der Waals surface area contributed by atoms with Gasteiger partial charge in [0.05, 0.1) is 18.6 Å². The number of ether oxygens (including phenoxy) is 1. The Morgan fingerprint density at radius 2 is 2.00 bits per heavy atom. The summed E-state index contributed by atoms with van der Waals surface area (Å²) in [5.41, 5.74) is 1.02. The number of aliphatic hydroxyl groups excluding tert-OH is 1. The summed E-state index contributed by atoms with van der Waals surface area (Å²) in [6.45, 7) is 1.64. The van der Waals surface area contributed by atoms with Crippen LogP contribution in [0.2, 0.25) is 0 Å². The van der Waals surface area contributed by atoms with Crippen molar-refractivity contribution in [2.24, 2.45) is 5.92 Å². The summed E-state index contributed by atoms with van der Waals surface area (Å²) in [7, 11) is 0. The van der Waals surface area contributed by atoms with Crippen molar-refractivity contribution in [2.45, 2.75) is 64.0 Å². The molecule has 0 aromatic heterocycles. The molecular formula is C24H34N2O5. The number of nitrogens with one attached hydrogen (secondary N) is 2. The predicted molar refractivity (Wildman–Crippen MR) is 118 cm³/mol. The summed E-state index contributed by atoms with van der Waals surface area (Å²) in [4.78, 5) is 37.4. The lowest BCUT2D eigenvalue weighted by Crippen LogP contribution is -2.45. The molecule has 0 spiro atoms. The minimum absolute atomic E-state index is 0.0261. The van der Waals surface area contributed by atoms with Crippen LogP contribution in [0, 0.1) is 5.92 Å². The van der Waals surface area contributed by atoms with Crippen LogP contribution in [0.5, 0.6) is 0 Å². The summed E-state index contributed by atoms with van der Waals surface area (Å²) in [6.07, 6.45) is 7.72. The second-order valence-corrected chi connectivity index (χ2v) is 8.08. The van der Waals surface area contributed by atoms with E-state index in [2.05, 4.69) is 10.6 Å². The highest BCUT2D eigenvalue weighted by Crippen LogP contribution is 2.14. The molecule has 7 nitrogen and oxygen atoms in total. The molecule has 1 heterocycles. The van der Waals surface area contributed by atoms with Crippen molar-refractivity contribution in [1.82, 2.24) is 10.6 Å². The van der Waals surface area contributed by atoms with Crippen LogP contribution >= 0.6 is 0 Å². The largest absolute Gasteiger partial charge is 0.463 e. The third kappa shape index (κ3) is 9.79. The summed E-state index contributed by atoms with van der Waals surface area (Å²) in [5, 5.41) is 14.8. The van der Waals surface area contributed by atoms with Gasteiger partial charge in [0, 0.05) is 18.9 Å². The maximum absolute atomic E-state index is 13.0. The SMILES string of the molecule is CC(CO)NC(=O)CC1CC=CCCCCC(=O)OCC(Cc2ccccc2)NC1=O. The molecular weight excluding hydrogens is 396 g/mol. The molecule has 1 aliphatic rings. The van der Waals surface area contributed by atoms with Crippen molar-refractivity contribution in [3.63, 3.8) is 0 Å². The van der Waals surface area contributed by atoms with Crippen molar-refractivity contribution in [3.8, 4) is 0 Å². The minimum Gasteiger partial charge on any atom is -0.463 e. The number of cyclic esters (lactones) is 1. The van der Waals surface area contributed by atoms with Crippen LogP contribution in [0.15, 0.2) is 42.5 Å². The molecule has 3 unspecified atom stereocenters. The number of carbonyl (C=O) groups is 3. The van der Waals surface area contributed by atoms with E-state index < -0.39 is 5.92 Å². The van der Waals surface area contributed by atoms with E-state index in [0.717, 1.165) is 24.8 Å². The van der Waals surface area contributed by atoms with Gasteiger partial charge in [0.25, 0.3) is 0 Å². The molecule has 0 saturated heterocycles.